The highest BCUT2D eigenvalue weighted by Crippen LogP contribution is 2.21. The van der Waals surface area contributed by atoms with Crippen molar-refractivity contribution in [2.75, 3.05) is 31.1 Å². The molecule has 4 nitrogen and oxygen atoms in total. The maximum absolute atomic E-state index is 12.5. The number of halogens is 1. The first kappa shape index (κ1) is 16.0. The Morgan fingerprint density at radius 3 is 2.57 bits per heavy atom. The molecule has 0 aliphatic carbocycles. The molecule has 3 rings (SSSR count). The van der Waals surface area contributed by atoms with Gasteiger partial charge in [0.05, 0.1) is 6.04 Å². The molecule has 1 fully saturated rings. The average molecular weight is 330 g/mol. The summed E-state index contributed by atoms with van der Waals surface area (Å²) in [6.07, 6.45) is 1.66. The van der Waals surface area contributed by atoms with Crippen molar-refractivity contribution in [3.8, 4) is 0 Å². The molecular weight excluding hydrogens is 310 g/mol. The fourth-order valence-corrected chi connectivity index (χ4v) is 3.11. The second-order valence-corrected chi connectivity index (χ2v) is 6.19. The van der Waals surface area contributed by atoms with E-state index in [-0.39, 0.29) is 11.8 Å². The van der Waals surface area contributed by atoms with Crippen LogP contribution in [-0.2, 0) is 0 Å². The Hall–Kier alpha value is -1.91. The average Bonchev–Trinajstić information content (AvgIpc) is 2.61. The molecule has 2 aromatic rings. The lowest BCUT2D eigenvalue weighted by Crippen LogP contribution is -2.51. The maximum Gasteiger partial charge on any atom is 0.197 e. The molecule has 1 aliphatic rings. The summed E-state index contributed by atoms with van der Waals surface area (Å²) in [5.41, 5.74) is 1.68. The van der Waals surface area contributed by atoms with Crippen LogP contribution in [0.4, 0.5) is 5.69 Å². The molecule has 2 heterocycles. The largest absolute Gasteiger partial charge is 0.369 e. The number of piperazine rings is 1. The molecule has 0 bridgehead atoms. The van der Waals surface area contributed by atoms with Crippen molar-refractivity contribution in [2.24, 2.45) is 0 Å². The highest BCUT2D eigenvalue weighted by molar-refractivity contribution is 6.30. The third-order valence-electron chi connectivity index (χ3n) is 4.33. The molecule has 0 amide bonds. The Morgan fingerprint density at radius 2 is 1.91 bits per heavy atom. The van der Waals surface area contributed by atoms with Crippen molar-refractivity contribution in [3.63, 3.8) is 0 Å². The summed E-state index contributed by atoms with van der Waals surface area (Å²) in [4.78, 5) is 21.2. The van der Waals surface area contributed by atoms with E-state index in [2.05, 4.69) is 20.9 Å². The molecule has 0 radical (unpaired) electrons. The van der Waals surface area contributed by atoms with Gasteiger partial charge in [0.2, 0.25) is 0 Å². The monoisotopic (exact) mass is 329 g/mol. The van der Waals surface area contributed by atoms with Crippen LogP contribution >= 0.6 is 11.6 Å². The molecular formula is C18H20ClN3O. The van der Waals surface area contributed by atoms with Crippen LogP contribution in [0.15, 0.2) is 48.7 Å². The standard InChI is InChI=1S/C18H20ClN3O/c1-14(18(23)17-7-2-3-8-20-17)21-9-11-22(12-10-21)16-6-4-5-15(19)13-16/h2-8,13-14H,9-12H2,1H3. The number of hydrogen-bond acceptors (Lipinski definition) is 4. The second-order valence-electron chi connectivity index (χ2n) is 5.76. The smallest absolute Gasteiger partial charge is 0.197 e. The minimum atomic E-state index is -0.147. The van der Waals surface area contributed by atoms with Gasteiger partial charge in [-0.1, -0.05) is 23.7 Å². The maximum atomic E-state index is 12.5. The molecule has 1 atom stereocenters. The van der Waals surface area contributed by atoms with Crippen molar-refractivity contribution in [1.82, 2.24) is 9.88 Å². The SMILES string of the molecule is CC(C(=O)c1ccccn1)N1CCN(c2cccc(Cl)c2)CC1. The van der Waals surface area contributed by atoms with Gasteiger partial charge in [-0.05, 0) is 37.3 Å². The van der Waals surface area contributed by atoms with E-state index in [9.17, 15) is 4.79 Å². The Bertz CT molecular complexity index is 669. The van der Waals surface area contributed by atoms with Gasteiger partial charge >= 0.3 is 0 Å². The number of carbonyl (C=O) groups excluding carboxylic acids is 1. The lowest BCUT2D eigenvalue weighted by molar-refractivity contribution is 0.0824. The van der Waals surface area contributed by atoms with E-state index in [0.717, 1.165) is 36.9 Å². The van der Waals surface area contributed by atoms with Crippen molar-refractivity contribution in [1.29, 1.82) is 0 Å². The predicted molar refractivity (Wildman–Crippen MR) is 93.3 cm³/mol. The summed E-state index contributed by atoms with van der Waals surface area (Å²) in [7, 11) is 0. The summed E-state index contributed by atoms with van der Waals surface area (Å²) >= 11 is 6.06. The molecule has 1 aromatic carbocycles. The summed E-state index contributed by atoms with van der Waals surface area (Å²) in [5.74, 6) is 0.0850. The fourth-order valence-electron chi connectivity index (χ4n) is 2.93. The van der Waals surface area contributed by atoms with Crippen LogP contribution in [0.5, 0.6) is 0 Å². The molecule has 5 heteroatoms. The molecule has 0 saturated carbocycles. The fraction of sp³-hybridized carbons (Fsp3) is 0.333. The number of pyridine rings is 1. The van der Waals surface area contributed by atoms with Crippen LogP contribution in [-0.4, -0.2) is 47.9 Å². The predicted octanol–water partition coefficient (Wildman–Crippen LogP) is 3.13. The molecule has 1 saturated heterocycles. The number of aromatic nitrogens is 1. The minimum Gasteiger partial charge on any atom is -0.369 e. The van der Waals surface area contributed by atoms with Gasteiger partial charge in [-0.2, -0.15) is 0 Å². The van der Waals surface area contributed by atoms with Gasteiger partial charge < -0.3 is 4.90 Å². The third-order valence-corrected chi connectivity index (χ3v) is 4.57. The summed E-state index contributed by atoms with van der Waals surface area (Å²) in [5, 5.41) is 0.753. The van der Waals surface area contributed by atoms with E-state index in [1.54, 1.807) is 12.3 Å². The molecule has 120 valence electrons. The van der Waals surface area contributed by atoms with Crippen LogP contribution in [0.25, 0.3) is 0 Å². The molecule has 1 aliphatic heterocycles. The lowest BCUT2D eigenvalue weighted by Gasteiger charge is -2.38. The highest BCUT2D eigenvalue weighted by Gasteiger charge is 2.26. The first-order valence-corrected chi connectivity index (χ1v) is 8.23. The molecule has 0 N–H and O–H groups in total. The Morgan fingerprint density at radius 1 is 1.13 bits per heavy atom. The van der Waals surface area contributed by atoms with Crippen LogP contribution in [0.2, 0.25) is 5.02 Å². The van der Waals surface area contributed by atoms with Gasteiger partial charge in [-0.3, -0.25) is 14.7 Å². The van der Waals surface area contributed by atoms with E-state index in [1.807, 2.05) is 37.3 Å². The van der Waals surface area contributed by atoms with Crippen LogP contribution in [0.1, 0.15) is 17.4 Å². The number of ketones is 1. The first-order chi connectivity index (χ1) is 11.1. The zero-order valence-electron chi connectivity index (χ0n) is 13.2. The van der Waals surface area contributed by atoms with Crippen LogP contribution in [0.3, 0.4) is 0 Å². The number of rotatable bonds is 4. The Labute approximate surface area is 141 Å². The number of Topliss-reactive ketones (excluding diaryl/α,β-unsaturated/α-hetero) is 1. The third kappa shape index (κ3) is 3.71. The van der Waals surface area contributed by atoms with Crippen molar-refractivity contribution in [2.45, 2.75) is 13.0 Å². The number of carbonyl (C=O) groups is 1. The first-order valence-electron chi connectivity index (χ1n) is 7.85. The quantitative estimate of drug-likeness (QED) is 0.808. The Balaban J connectivity index is 1.61. The van der Waals surface area contributed by atoms with Gasteiger partial charge in [-0.25, -0.2) is 0 Å². The summed E-state index contributed by atoms with van der Waals surface area (Å²) in [6, 6.07) is 13.2. The van der Waals surface area contributed by atoms with E-state index < -0.39 is 0 Å². The Kier molecular flexibility index (Phi) is 4.94. The van der Waals surface area contributed by atoms with Gasteiger partial charge in [0.1, 0.15) is 5.69 Å². The second kappa shape index (κ2) is 7.11. The van der Waals surface area contributed by atoms with Gasteiger partial charge in [-0.15, -0.1) is 0 Å². The van der Waals surface area contributed by atoms with Crippen molar-refractivity contribution >= 4 is 23.1 Å². The van der Waals surface area contributed by atoms with Gasteiger partial charge in [0.15, 0.2) is 5.78 Å². The molecule has 1 unspecified atom stereocenters. The molecule has 0 spiro atoms. The summed E-state index contributed by atoms with van der Waals surface area (Å²) in [6.45, 7) is 5.45. The lowest BCUT2D eigenvalue weighted by atomic mass is 10.1. The topological polar surface area (TPSA) is 36.4 Å². The zero-order valence-corrected chi connectivity index (χ0v) is 13.9. The van der Waals surface area contributed by atoms with Gasteiger partial charge in [0.25, 0.3) is 0 Å². The van der Waals surface area contributed by atoms with Gasteiger partial charge in [0, 0.05) is 43.1 Å². The van der Waals surface area contributed by atoms with Crippen LogP contribution < -0.4 is 4.90 Å². The summed E-state index contributed by atoms with van der Waals surface area (Å²) < 4.78 is 0. The van der Waals surface area contributed by atoms with E-state index in [1.165, 1.54) is 0 Å². The van der Waals surface area contributed by atoms with Crippen LogP contribution in [0, 0.1) is 0 Å². The minimum absolute atomic E-state index is 0.0850. The molecule has 23 heavy (non-hydrogen) atoms. The highest BCUT2D eigenvalue weighted by atomic mass is 35.5. The number of nitrogens with zero attached hydrogens (tertiary/aromatic N) is 3. The van der Waals surface area contributed by atoms with Crippen molar-refractivity contribution < 1.29 is 4.79 Å². The van der Waals surface area contributed by atoms with E-state index in [4.69, 9.17) is 11.6 Å². The molecule has 1 aromatic heterocycles. The van der Waals surface area contributed by atoms with E-state index >= 15 is 0 Å². The normalized spacial score (nSPS) is 17.0. The number of benzene rings is 1. The van der Waals surface area contributed by atoms with E-state index in [0.29, 0.717) is 5.69 Å². The zero-order chi connectivity index (χ0) is 16.2. The number of hydrogen-bond donors (Lipinski definition) is 0. The number of anilines is 1. The van der Waals surface area contributed by atoms with Crippen molar-refractivity contribution in [3.05, 3.63) is 59.4 Å².